The second-order valence-electron chi connectivity index (χ2n) is 9.73. The zero-order valence-electron chi connectivity index (χ0n) is 16.7. The molecule has 1 fully saturated rings. The van der Waals surface area contributed by atoms with Gasteiger partial charge in [-0.1, -0.05) is 54.4 Å². The van der Waals surface area contributed by atoms with Gasteiger partial charge in [0.1, 0.15) is 0 Å². The van der Waals surface area contributed by atoms with Crippen LogP contribution in [-0.2, 0) is 9.59 Å². The molecule has 0 aromatic carbocycles. The maximum Gasteiger partial charge on any atom is 0.210 e. The van der Waals surface area contributed by atoms with Gasteiger partial charge in [-0.05, 0) is 36.5 Å². The van der Waals surface area contributed by atoms with Crippen LogP contribution in [0.15, 0.2) is 0 Å². The highest BCUT2D eigenvalue weighted by molar-refractivity contribution is 5.50. The Morgan fingerprint density at radius 2 is 1.08 bits per heavy atom. The Morgan fingerprint density at radius 1 is 0.750 bits per heavy atom. The molecule has 140 valence electrons. The summed E-state index contributed by atoms with van der Waals surface area (Å²) < 4.78 is 0. The van der Waals surface area contributed by atoms with Crippen molar-refractivity contribution in [3.63, 3.8) is 0 Å². The summed E-state index contributed by atoms with van der Waals surface area (Å²) in [5.74, 6) is 0. The van der Waals surface area contributed by atoms with E-state index < -0.39 is 0 Å². The molecule has 0 bridgehead atoms. The highest BCUT2D eigenvalue weighted by Gasteiger charge is 2.34. The summed E-state index contributed by atoms with van der Waals surface area (Å²) in [4.78, 5) is 27.3. The van der Waals surface area contributed by atoms with Crippen LogP contribution in [0.25, 0.3) is 0 Å². The lowest BCUT2D eigenvalue weighted by atomic mass is 9.86. The van der Waals surface area contributed by atoms with Crippen LogP contribution in [0.2, 0.25) is 0 Å². The molecule has 0 radical (unpaired) electrons. The summed E-state index contributed by atoms with van der Waals surface area (Å²) in [5, 5.41) is 0. The van der Waals surface area contributed by atoms with Gasteiger partial charge < -0.3 is 9.80 Å². The largest absolute Gasteiger partial charge is 0.340 e. The number of nitrogens with zero attached hydrogens (tertiary/aromatic N) is 2. The molecule has 0 aliphatic heterocycles. The number of hydrogen-bond acceptors (Lipinski definition) is 2. The predicted octanol–water partition coefficient (Wildman–Crippen LogP) is 4.09. The predicted molar refractivity (Wildman–Crippen MR) is 99.7 cm³/mol. The minimum absolute atomic E-state index is 0.170. The van der Waals surface area contributed by atoms with Gasteiger partial charge in [0.25, 0.3) is 0 Å². The first kappa shape index (κ1) is 21.0. The number of carbonyl (C=O) groups is 2. The molecule has 2 amide bonds. The molecular weight excluding hydrogens is 300 g/mol. The summed E-state index contributed by atoms with van der Waals surface area (Å²) in [7, 11) is 0. The van der Waals surface area contributed by atoms with Crippen LogP contribution in [0, 0.1) is 10.8 Å². The smallest absolute Gasteiger partial charge is 0.210 e. The normalized spacial score (nSPS) is 22.1. The number of carbonyl (C=O) groups excluding carboxylic acids is 2. The quantitative estimate of drug-likeness (QED) is 0.626. The van der Waals surface area contributed by atoms with Crippen LogP contribution in [-0.4, -0.2) is 47.8 Å². The van der Waals surface area contributed by atoms with Crippen LogP contribution in [0.4, 0.5) is 0 Å². The van der Waals surface area contributed by atoms with Crippen LogP contribution >= 0.6 is 0 Å². The Hall–Kier alpha value is -1.06. The van der Waals surface area contributed by atoms with E-state index in [1.165, 1.54) is 0 Å². The van der Waals surface area contributed by atoms with Crippen molar-refractivity contribution in [2.45, 2.75) is 92.2 Å². The summed E-state index contributed by atoms with van der Waals surface area (Å²) in [6.07, 6.45) is 8.28. The van der Waals surface area contributed by atoms with Gasteiger partial charge in [0.2, 0.25) is 12.8 Å². The molecule has 0 saturated heterocycles. The summed E-state index contributed by atoms with van der Waals surface area (Å²) in [6.45, 7) is 14.8. The Morgan fingerprint density at radius 3 is 1.33 bits per heavy atom. The van der Waals surface area contributed by atoms with Gasteiger partial charge in [-0.3, -0.25) is 9.59 Å². The van der Waals surface area contributed by atoms with E-state index in [2.05, 4.69) is 41.5 Å². The van der Waals surface area contributed by atoms with Gasteiger partial charge in [0, 0.05) is 13.1 Å². The minimum Gasteiger partial charge on any atom is -0.340 e. The summed E-state index contributed by atoms with van der Waals surface area (Å²) >= 11 is 0. The molecule has 0 aromatic heterocycles. The summed E-state index contributed by atoms with van der Waals surface area (Å²) in [5.41, 5.74) is 0.421. The highest BCUT2D eigenvalue weighted by atomic mass is 16.1. The maximum absolute atomic E-state index is 11.7. The molecule has 1 rings (SSSR count). The van der Waals surface area contributed by atoms with Crippen molar-refractivity contribution in [3.05, 3.63) is 0 Å². The lowest BCUT2D eigenvalue weighted by molar-refractivity contribution is -0.129. The van der Waals surface area contributed by atoms with Crippen LogP contribution in [0.3, 0.4) is 0 Å². The van der Waals surface area contributed by atoms with Crippen LogP contribution in [0.5, 0.6) is 0 Å². The molecule has 4 nitrogen and oxygen atoms in total. The average Bonchev–Trinajstić information content (AvgIpc) is 2.47. The fourth-order valence-electron chi connectivity index (χ4n) is 3.39. The fourth-order valence-corrected chi connectivity index (χ4v) is 3.39. The lowest BCUT2D eigenvalue weighted by Gasteiger charge is -2.43. The van der Waals surface area contributed by atoms with E-state index in [1.807, 2.05) is 9.80 Å². The Balaban J connectivity index is 2.80. The Bertz CT molecular complexity index is 357. The molecule has 0 spiro atoms. The van der Waals surface area contributed by atoms with E-state index in [0.717, 1.165) is 64.4 Å². The molecule has 0 heterocycles. The van der Waals surface area contributed by atoms with Crippen LogP contribution < -0.4 is 0 Å². The lowest BCUT2D eigenvalue weighted by Crippen LogP contribution is -2.53. The SMILES string of the molecule is CC(C)(C)CCN(C=O)[C@@H]1CCCC[C@H]1N(C=O)CCC(C)(C)C. The first-order valence-electron chi connectivity index (χ1n) is 9.49. The zero-order valence-corrected chi connectivity index (χ0v) is 16.7. The average molecular weight is 339 g/mol. The standard InChI is InChI=1S/C20H38N2O2/c1-19(2,3)11-13-21(15-23)17-9-7-8-10-18(17)22(16-24)14-12-20(4,5)6/h15-18H,7-14H2,1-6H3/t17-,18-/m1/s1. The van der Waals surface area contributed by atoms with Gasteiger partial charge in [-0.15, -0.1) is 0 Å². The molecular formula is C20H38N2O2. The Kier molecular flexibility index (Phi) is 7.75. The van der Waals surface area contributed by atoms with Crippen molar-refractivity contribution in [2.24, 2.45) is 10.8 Å². The molecule has 0 N–H and O–H groups in total. The minimum atomic E-state index is 0.170. The summed E-state index contributed by atoms with van der Waals surface area (Å²) in [6, 6.07) is 0.340. The molecule has 0 aromatic rings. The van der Waals surface area contributed by atoms with E-state index >= 15 is 0 Å². The van der Waals surface area contributed by atoms with Crippen molar-refractivity contribution >= 4 is 12.8 Å². The topological polar surface area (TPSA) is 40.6 Å². The molecule has 24 heavy (non-hydrogen) atoms. The maximum atomic E-state index is 11.7. The molecule has 0 unspecified atom stereocenters. The van der Waals surface area contributed by atoms with Gasteiger partial charge in [-0.2, -0.15) is 0 Å². The zero-order chi connectivity index (χ0) is 18.4. The second-order valence-corrected chi connectivity index (χ2v) is 9.73. The Labute approximate surface area is 149 Å². The molecule has 1 aliphatic carbocycles. The number of hydrogen-bond donors (Lipinski definition) is 0. The van der Waals surface area contributed by atoms with Crippen LogP contribution in [0.1, 0.15) is 80.1 Å². The van der Waals surface area contributed by atoms with Crippen molar-refractivity contribution in [1.82, 2.24) is 9.80 Å². The number of amides is 2. The van der Waals surface area contributed by atoms with Gasteiger partial charge in [-0.25, -0.2) is 0 Å². The monoisotopic (exact) mass is 338 g/mol. The van der Waals surface area contributed by atoms with E-state index in [9.17, 15) is 9.59 Å². The third-order valence-electron chi connectivity index (χ3n) is 5.06. The van der Waals surface area contributed by atoms with Crippen molar-refractivity contribution < 1.29 is 9.59 Å². The highest BCUT2D eigenvalue weighted by Crippen LogP contribution is 2.29. The first-order chi connectivity index (χ1) is 11.1. The van der Waals surface area contributed by atoms with Crippen molar-refractivity contribution in [3.8, 4) is 0 Å². The van der Waals surface area contributed by atoms with Crippen molar-refractivity contribution in [2.75, 3.05) is 13.1 Å². The molecule has 1 aliphatic rings. The van der Waals surface area contributed by atoms with E-state index in [1.54, 1.807) is 0 Å². The number of rotatable bonds is 8. The van der Waals surface area contributed by atoms with E-state index in [-0.39, 0.29) is 22.9 Å². The fraction of sp³-hybridized carbons (Fsp3) is 0.900. The van der Waals surface area contributed by atoms with E-state index in [4.69, 9.17) is 0 Å². The first-order valence-corrected chi connectivity index (χ1v) is 9.49. The molecule has 2 atom stereocenters. The third-order valence-corrected chi connectivity index (χ3v) is 5.06. The van der Waals surface area contributed by atoms with Gasteiger partial charge in [0.15, 0.2) is 0 Å². The second kappa shape index (κ2) is 8.87. The van der Waals surface area contributed by atoms with E-state index in [0.29, 0.717) is 0 Å². The molecule has 1 saturated carbocycles. The third kappa shape index (κ3) is 7.23. The van der Waals surface area contributed by atoms with Gasteiger partial charge in [0.05, 0.1) is 12.1 Å². The van der Waals surface area contributed by atoms with Crippen molar-refractivity contribution in [1.29, 1.82) is 0 Å². The van der Waals surface area contributed by atoms with Gasteiger partial charge >= 0.3 is 0 Å². The molecule has 4 heteroatoms.